The van der Waals surface area contributed by atoms with Crippen molar-refractivity contribution in [3.63, 3.8) is 0 Å². The van der Waals surface area contributed by atoms with E-state index >= 15 is 0 Å². The Morgan fingerprint density at radius 1 is 1.37 bits per heavy atom. The normalized spacial score (nSPS) is 26.1. The van der Waals surface area contributed by atoms with Crippen LogP contribution in [0.1, 0.15) is 52.9 Å². The molecule has 0 bridgehead atoms. The molecule has 110 valence electrons. The van der Waals surface area contributed by atoms with Gasteiger partial charge in [-0.3, -0.25) is 4.79 Å². The van der Waals surface area contributed by atoms with Gasteiger partial charge in [-0.25, -0.2) is 0 Å². The molecule has 1 fully saturated rings. The molecule has 0 aromatic rings. The molecule has 0 heterocycles. The van der Waals surface area contributed by atoms with Gasteiger partial charge in [-0.05, 0) is 37.4 Å². The largest absolute Gasteiger partial charge is 0.413 e. The van der Waals surface area contributed by atoms with Gasteiger partial charge >= 0.3 is 0 Å². The second-order valence-corrected chi connectivity index (χ2v) is 12.0. The number of hydrogen-bond donors (Lipinski definition) is 0. The van der Waals surface area contributed by atoms with Gasteiger partial charge in [-0.1, -0.05) is 33.3 Å². The highest BCUT2D eigenvalue weighted by Crippen LogP contribution is 2.40. The first-order valence-corrected chi connectivity index (χ1v) is 10.4. The lowest BCUT2D eigenvalue weighted by atomic mass is 9.93. The number of carbonyl (C=O) groups excluding carboxylic acids is 1. The number of carbonyl (C=O) groups is 1. The Bertz CT molecular complexity index is 328. The van der Waals surface area contributed by atoms with Crippen molar-refractivity contribution in [3.05, 3.63) is 12.7 Å². The van der Waals surface area contributed by atoms with Crippen molar-refractivity contribution in [2.45, 2.75) is 77.1 Å². The molecule has 1 rings (SSSR count). The fourth-order valence-electron chi connectivity index (χ4n) is 2.40. The molecule has 0 spiro atoms. The number of allylic oxidation sites excluding steroid dienone is 1. The van der Waals surface area contributed by atoms with Crippen LogP contribution < -0.4 is 0 Å². The minimum Gasteiger partial charge on any atom is -0.413 e. The van der Waals surface area contributed by atoms with Gasteiger partial charge in [0.2, 0.25) is 0 Å². The molecule has 0 unspecified atom stereocenters. The molecule has 2 nitrogen and oxygen atoms in total. The van der Waals surface area contributed by atoms with Crippen LogP contribution in [0.25, 0.3) is 0 Å². The Labute approximate surface area is 119 Å². The SMILES string of the molecule is C=CC[C@H]1C(=O)CCCC[C@@H]1O[Si](C)(C)C(C)(C)C. The molecule has 1 aliphatic carbocycles. The Kier molecular flexibility index (Phi) is 5.57. The summed E-state index contributed by atoms with van der Waals surface area (Å²) in [5.41, 5.74) is 0. The zero-order valence-corrected chi connectivity index (χ0v) is 14.3. The van der Waals surface area contributed by atoms with Crippen molar-refractivity contribution in [3.8, 4) is 0 Å². The molecule has 0 saturated heterocycles. The van der Waals surface area contributed by atoms with Gasteiger partial charge in [0.1, 0.15) is 5.78 Å². The molecule has 0 radical (unpaired) electrons. The lowest BCUT2D eigenvalue weighted by Gasteiger charge is -2.40. The van der Waals surface area contributed by atoms with Crippen LogP contribution in [0, 0.1) is 5.92 Å². The maximum atomic E-state index is 12.2. The summed E-state index contributed by atoms with van der Waals surface area (Å²) in [6, 6.07) is 0. The van der Waals surface area contributed by atoms with Crippen molar-refractivity contribution in [2.75, 3.05) is 0 Å². The molecule has 0 aromatic carbocycles. The minimum absolute atomic E-state index is 0.0362. The average Bonchev–Trinajstić information content (AvgIpc) is 2.42. The van der Waals surface area contributed by atoms with Crippen molar-refractivity contribution in [1.29, 1.82) is 0 Å². The van der Waals surface area contributed by atoms with Crippen molar-refractivity contribution in [2.24, 2.45) is 5.92 Å². The summed E-state index contributed by atoms with van der Waals surface area (Å²) in [6.07, 6.45) is 6.61. The first kappa shape index (κ1) is 16.6. The molecule has 0 aliphatic heterocycles. The summed E-state index contributed by atoms with van der Waals surface area (Å²) in [4.78, 5) is 12.2. The van der Waals surface area contributed by atoms with Gasteiger partial charge in [0.15, 0.2) is 8.32 Å². The molecule has 0 aromatic heterocycles. The summed E-state index contributed by atoms with van der Waals surface area (Å²) >= 11 is 0. The van der Waals surface area contributed by atoms with Gasteiger partial charge in [-0.15, -0.1) is 6.58 Å². The van der Waals surface area contributed by atoms with E-state index in [9.17, 15) is 4.79 Å². The third kappa shape index (κ3) is 4.28. The lowest BCUT2D eigenvalue weighted by Crippen LogP contribution is -2.46. The number of hydrogen-bond acceptors (Lipinski definition) is 2. The molecule has 0 amide bonds. The number of ketones is 1. The second kappa shape index (κ2) is 6.36. The van der Waals surface area contributed by atoms with E-state index in [0.29, 0.717) is 5.78 Å². The summed E-state index contributed by atoms with van der Waals surface area (Å²) in [7, 11) is -1.80. The van der Waals surface area contributed by atoms with Crippen LogP contribution in [0.4, 0.5) is 0 Å². The highest BCUT2D eigenvalue weighted by molar-refractivity contribution is 6.74. The zero-order chi connectivity index (χ0) is 14.7. The van der Waals surface area contributed by atoms with E-state index in [1.165, 1.54) is 0 Å². The predicted octanol–water partition coefficient (Wildman–Crippen LogP) is 4.71. The van der Waals surface area contributed by atoms with Crippen molar-refractivity contribution >= 4 is 14.1 Å². The van der Waals surface area contributed by atoms with Gasteiger partial charge < -0.3 is 4.43 Å². The highest BCUT2D eigenvalue weighted by Gasteiger charge is 2.42. The predicted molar refractivity (Wildman–Crippen MR) is 83.8 cm³/mol. The van der Waals surface area contributed by atoms with Gasteiger partial charge in [0, 0.05) is 12.3 Å². The summed E-state index contributed by atoms with van der Waals surface area (Å²) in [5.74, 6) is 0.412. The third-order valence-corrected chi connectivity index (χ3v) is 9.20. The minimum atomic E-state index is -1.80. The van der Waals surface area contributed by atoms with E-state index in [0.717, 1.165) is 32.1 Å². The maximum Gasteiger partial charge on any atom is 0.192 e. The molecular formula is C16H30O2Si. The van der Waals surface area contributed by atoms with E-state index < -0.39 is 8.32 Å². The van der Waals surface area contributed by atoms with Gasteiger partial charge in [0.25, 0.3) is 0 Å². The van der Waals surface area contributed by atoms with Crippen molar-refractivity contribution < 1.29 is 9.22 Å². The van der Waals surface area contributed by atoms with Crippen LogP contribution in [0.15, 0.2) is 12.7 Å². The number of Topliss-reactive ketones (excluding diaryl/α,β-unsaturated/α-hetero) is 1. The monoisotopic (exact) mass is 282 g/mol. The van der Waals surface area contributed by atoms with Crippen LogP contribution >= 0.6 is 0 Å². The van der Waals surface area contributed by atoms with E-state index in [-0.39, 0.29) is 17.1 Å². The molecule has 1 aliphatic rings. The van der Waals surface area contributed by atoms with E-state index in [1.807, 2.05) is 6.08 Å². The van der Waals surface area contributed by atoms with E-state index in [2.05, 4.69) is 40.4 Å². The Morgan fingerprint density at radius 3 is 2.53 bits per heavy atom. The van der Waals surface area contributed by atoms with E-state index in [1.54, 1.807) is 0 Å². The quantitative estimate of drug-likeness (QED) is 0.424. The van der Waals surface area contributed by atoms with Crippen LogP contribution in [0.3, 0.4) is 0 Å². The molecule has 2 atom stereocenters. The molecule has 0 N–H and O–H groups in total. The van der Waals surface area contributed by atoms with Gasteiger partial charge in [0.05, 0.1) is 6.10 Å². The Morgan fingerprint density at radius 2 is 2.00 bits per heavy atom. The molecule has 1 saturated carbocycles. The second-order valence-electron chi connectivity index (χ2n) is 7.26. The molecular weight excluding hydrogens is 252 g/mol. The van der Waals surface area contributed by atoms with Crippen LogP contribution in [0.2, 0.25) is 18.1 Å². The standard InChI is InChI=1S/C16H30O2Si/c1-7-10-13-14(17)11-8-9-12-15(13)18-19(5,6)16(2,3)4/h7,13,15H,1,8-12H2,2-6H3/t13-,15-/m0/s1. The third-order valence-electron chi connectivity index (χ3n) is 4.70. The van der Waals surface area contributed by atoms with Crippen molar-refractivity contribution in [1.82, 2.24) is 0 Å². The fraction of sp³-hybridized carbons (Fsp3) is 0.812. The summed E-state index contributed by atoms with van der Waals surface area (Å²) < 4.78 is 6.53. The maximum absolute atomic E-state index is 12.2. The topological polar surface area (TPSA) is 26.3 Å². The smallest absolute Gasteiger partial charge is 0.192 e. The van der Waals surface area contributed by atoms with Crippen LogP contribution in [-0.4, -0.2) is 20.2 Å². The Hall–Kier alpha value is -0.413. The lowest BCUT2D eigenvalue weighted by molar-refractivity contribution is -0.125. The fourth-order valence-corrected chi connectivity index (χ4v) is 3.79. The zero-order valence-electron chi connectivity index (χ0n) is 13.3. The molecule has 19 heavy (non-hydrogen) atoms. The summed E-state index contributed by atoms with van der Waals surface area (Å²) in [6.45, 7) is 15.1. The highest BCUT2D eigenvalue weighted by atomic mass is 28.4. The molecule has 3 heteroatoms. The first-order valence-electron chi connectivity index (χ1n) is 7.50. The van der Waals surface area contributed by atoms with Gasteiger partial charge in [-0.2, -0.15) is 0 Å². The Balaban J connectivity index is 2.87. The van der Waals surface area contributed by atoms with E-state index in [4.69, 9.17) is 4.43 Å². The average molecular weight is 282 g/mol. The van der Waals surface area contributed by atoms with Crippen LogP contribution in [0.5, 0.6) is 0 Å². The summed E-state index contributed by atoms with van der Waals surface area (Å²) in [5, 5.41) is 0.196. The number of rotatable bonds is 4. The van der Waals surface area contributed by atoms with Crippen LogP contribution in [-0.2, 0) is 9.22 Å². The first-order chi connectivity index (χ1) is 8.69.